The van der Waals surface area contributed by atoms with Crippen LogP contribution >= 0.6 is 0 Å². The monoisotopic (exact) mass is 254 g/mol. The van der Waals surface area contributed by atoms with Crippen molar-refractivity contribution in [2.75, 3.05) is 6.54 Å². The van der Waals surface area contributed by atoms with Crippen LogP contribution in [-0.4, -0.2) is 24.5 Å². The number of carbonyl (C=O) groups is 1. The van der Waals surface area contributed by atoms with Gasteiger partial charge in [-0.2, -0.15) is 0 Å². The summed E-state index contributed by atoms with van der Waals surface area (Å²) >= 11 is 0. The zero-order chi connectivity index (χ0) is 13.4. The third-order valence-electron chi connectivity index (χ3n) is 3.88. The summed E-state index contributed by atoms with van der Waals surface area (Å²) in [6.07, 6.45) is 8.20. The molecule has 0 saturated heterocycles. The number of nitrogens with one attached hydrogen (secondary N) is 2. The predicted octanol–water partition coefficient (Wildman–Crippen LogP) is 2.85. The van der Waals surface area contributed by atoms with Crippen molar-refractivity contribution in [2.24, 2.45) is 5.92 Å². The van der Waals surface area contributed by atoms with E-state index in [9.17, 15) is 4.79 Å². The van der Waals surface area contributed by atoms with Crippen molar-refractivity contribution in [3.05, 3.63) is 0 Å². The smallest absolute Gasteiger partial charge is 0.220 e. The molecule has 18 heavy (non-hydrogen) atoms. The van der Waals surface area contributed by atoms with Crippen LogP contribution < -0.4 is 10.6 Å². The van der Waals surface area contributed by atoms with E-state index in [0.29, 0.717) is 24.4 Å². The SMILES string of the molecule is CC(C)NCCCC(=O)NC(C)C1CCCCC1. The van der Waals surface area contributed by atoms with Gasteiger partial charge in [-0.1, -0.05) is 33.1 Å². The quantitative estimate of drug-likeness (QED) is 0.686. The van der Waals surface area contributed by atoms with Crippen LogP contribution in [0.1, 0.15) is 65.7 Å². The molecule has 1 aliphatic rings. The van der Waals surface area contributed by atoms with Crippen LogP contribution in [0.3, 0.4) is 0 Å². The Balaban J connectivity index is 2.10. The lowest BCUT2D eigenvalue weighted by atomic mass is 9.84. The summed E-state index contributed by atoms with van der Waals surface area (Å²) in [5.41, 5.74) is 0. The maximum Gasteiger partial charge on any atom is 0.220 e. The van der Waals surface area contributed by atoms with Crippen LogP contribution in [0, 0.1) is 5.92 Å². The highest BCUT2D eigenvalue weighted by atomic mass is 16.1. The lowest BCUT2D eigenvalue weighted by molar-refractivity contribution is -0.122. The first kappa shape index (κ1) is 15.5. The standard InChI is InChI=1S/C15H30N2O/c1-12(2)16-11-7-10-15(18)17-13(3)14-8-5-4-6-9-14/h12-14,16H,4-11H2,1-3H3,(H,17,18). The molecular weight excluding hydrogens is 224 g/mol. The van der Waals surface area contributed by atoms with E-state index in [1.165, 1.54) is 32.1 Å². The molecule has 1 saturated carbocycles. The fraction of sp³-hybridized carbons (Fsp3) is 0.933. The molecule has 1 aliphatic carbocycles. The van der Waals surface area contributed by atoms with Gasteiger partial charge in [-0.15, -0.1) is 0 Å². The van der Waals surface area contributed by atoms with Crippen molar-refractivity contribution in [3.63, 3.8) is 0 Å². The Morgan fingerprint density at radius 2 is 1.83 bits per heavy atom. The third kappa shape index (κ3) is 6.39. The average molecular weight is 254 g/mol. The lowest BCUT2D eigenvalue weighted by Crippen LogP contribution is -2.39. The Hall–Kier alpha value is -0.570. The van der Waals surface area contributed by atoms with Crippen molar-refractivity contribution >= 4 is 5.91 Å². The summed E-state index contributed by atoms with van der Waals surface area (Å²) in [5.74, 6) is 0.926. The predicted molar refractivity (Wildman–Crippen MR) is 76.6 cm³/mol. The summed E-state index contributed by atoms with van der Waals surface area (Å²) in [6.45, 7) is 7.36. The molecule has 1 amide bonds. The van der Waals surface area contributed by atoms with Gasteiger partial charge >= 0.3 is 0 Å². The zero-order valence-corrected chi connectivity index (χ0v) is 12.3. The minimum absolute atomic E-state index is 0.221. The van der Waals surface area contributed by atoms with Gasteiger partial charge in [0.05, 0.1) is 0 Å². The summed E-state index contributed by atoms with van der Waals surface area (Å²) in [4.78, 5) is 11.8. The van der Waals surface area contributed by atoms with Crippen molar-refractivity contribution in [3.8, 4) is 0 Å². The summed E-state index contributed by atoms with van der Waals surface area (Å²) in [5, 5.41) is 6.51. The van der Waals surface area contributed by atoms with Gasteiger partial charge in [0, 0.05) is 18.5 Å². The largest absolute Gasteiger partial charge is 0.353 e. The van der Waals surface area contributed by atoms with Gasteiger partial charge in [-0.25, -0.2) is 0 Å². The van der Waals surface area contributed by atoms with E-state index in [-0.39, 0.29) is 5.91 Å². The molecule has 3 nitrogen and oxygen atoms in total. The van der Waals surface area contributed by atoms with Gasteiger partial charge in [0.15, 0.2) is 0 Å². The van der Waals surface area contributed by atoms with E-state index in [4.69, 9.17) is 0 Å². The first-order chi connectivity index (χ1) is 8.59. The van der Waals surface area contributed by atoms with Gasteiger partial charge in [-0.05, 0) is 38.6 Å². The van der Waals surface area contributed by atoms with E-state index in [0.717, 1.165) is 13.0 Å². The highest BCUT2D eigenvalue weighted by Gasteiger charge is 2.20. The third-order valence-corrected chi connectivity index (χ3v) is 3.88. The van der Waals surface area contributed by atoms with E-state index in [2.05, 4.69) is 31.4 Å². The number of hydrogen-bond donors (Lipinski definition) is 2. The minimum Gasteiger partial charge on any atom is -0.353 e. The number of hydrogen-bond acceptors (Lipinski definition) is 2. The second kappa shape index (κ2) is 8.52. The Morgan fingerprint density at radius 1 is 1.17 bits per heavy atom. The molecule has 3 heteroatoms. The average Bonchev–Trinajstić information content (AvgIpc) is 2.35. The minimum atomic E-state index is 0.221. The number of rotatable bonds is 7. The molecule has 0 aromatic heterocycles. The van der Waals surface area contributed by atoms with Crippen molar-refractivity contribution in [1.29, 1.82) is 0 Å². The zero-order valence-electron chi connectivity index (χ0n) is 12.3. The summed E-state index contributed by atoms with van der Waals surface area (Å²) in [7, 11) is 0. The first-order valence-corrected chi connectivity index (χ1v) is 7.62. The van der Waals surface area contributed by atoms with Gasteiger partial charge in [0.1, 0.15) is 0 Å². The molecule has 0 aromatic carbocycles. The number of carbonyl (C=O) groups excluding carboxylic acids is 1. The van der Waals surface area contributed by atoms with Crippen LogP contribution in [0.4, 0.5) is 0 Å². The highest BCUT2D eigenvalue weighted by Crippen LogP contribution is 2.26. The Bertz CT molecular complexity index is 235. The van der Waals surface area contributed by atoms with Crippen LogP contribution in [0.25, 0.3) is 0 Å². The molecule has 0 radical (unpaired) electrons. The van der Waals surface area contributed by atoms with E-state index < -0.39 is 0 Å². The molecule has 106 valence electrons. The molecule has 2 N–H and O–H groups in total. The molecule has 1 unspecified atom stereocenters. The second-order valence-corrected chi connectivity index (χ2v) is 5.97. The van der Waals surface area contributed by atoms with Crippen LogP contribution in [0.2, 0.25) is 0 Å². The second-order valence-electron chi connectivity index (χ2n) is 5.97. The highest BCUT2D eigenvalue weighted by molar-refractivity contribution is 5.76. The molecule has 1 rings (SSSR count). The molecule has 0 aliphatic heterocycles. The number of amides is 1. The molecule has 0 bridgehead atoms. The summed E-state index contributed by atoms with van der Waals surface area (Å²) in [6, 6.07) is 0.866. The Labute approximate surface area is 112 Å². The maximum absolute atomic E-state index is 11.8. The van der Waals surface area contributed by atoms with Crippen LogP contribution in [0.15, 0.2) is 0 Å². The van der Waals surface area contributed by atoms with Gasteiger partial charge in [0.25, 0.3) is 0 Å². The van der Waals surface area contributed by atoms with E-state index in [1.807, 2.05) is 0 Å². The molecular formula is C15H30N2O. The van der Waals surface area contributed by atoms with Crippen LogP contribution in [-0.2, 0) is 4.79 Å². The normalized spacial score (nSPS) is 18.9. The van der Waals surface area contributed by atoms with E-state index in [1.54, 1.807) is 0 Å². The van der Waals surface area contributed by atoms with Crippen LogP contribution in [0.5, 0.6) is 0 Å². The molecule has 1 fully saturated rings. The van der Waals surface area contributed by atoms with Crippen molar-refractivity contribution < 1.29 is 4.79 Å². The molecule has 0 heterocycles. The van der Waals surface area contributed by atoms with Gasteiger partial charge < -0.3 is 10.6 Å². The van der Waals surface area contributed by atoms with E-state index >= 15 is 0 Å². The Kier molecular flexibility index (Phi) is 7.33. The van der Waals surface area contributed by atoms with Crippen molar-refractivity contribution in [2.45, 2.75) is 77.8 Å². The van der Waals surface area contributed by atoms with Gasteiger partial charge in [0.2, 0.25) is 5.91 Å². The molecule has 1 atom stereocenters. The maximum atomic E-state index is 11.8. The van der Waals surface area contributed by atoms with Gasteiger partial charge in [-0.3, -0.25) is 4.79 Å². The Morgan fingerprint density at radius 3 is 2.44 bits per heavy atom. The fourth-order valence-electron chi connectivity index (χ4n) is 2.72. The van der Waals surface area contributed by atoms with Crippen molar-refractivity contribution in [1.82, 2.24) is 10.6 Å². The molecule has 0 spiro atoms. The molecule has 0 aromatic rings. The topological polar surface area (TPSA) is 41.1 Å². The first-order valence-electron chi connectivity index (χ1n) is 7.62. The lowest BCUT2D eigenvalue weighted by Gasteiger charge is -2.28. The summed E-state index contributed by atoms with van der Waals surface area (Å²) < 4.78 is 0. The fourth-order valence-corrected chi connectivity index (χ4v) is 2.72.